The second-order valence-electron chi connectivity index (χ2n) is 5.93. The summed E-state index contributed by atoms with van der Waals surface area (Å²) >= 11 is 1.62. The number of hydrogen-bond donors (Lipinski definition) is 2. The van der Waals surface area contributed by atoms with Crippen molar-refractivity contribution >= 4 is 23.1 Å². The van der Waals surface area contributed by atoms with Crippen molar-refractivity contribution in [2.24, 2.45) is 0 Å². The number of aliphatic hydroxyl groups is 1. The van der Waals surface area contributed by atoms with Gasteiger partial charge < -0.3 is 15.3 Å². The minimum absolute atomic E-state index is 0.0572. The molecule has 0 unspecified atom stereocenters. The third-order valence-corrected chi connectivity index (χ3v) is 4.95. The maximum atomic E-state index is 12.0. The number of amides is 1. The topological polar surface area (TPSA) is 78.4 Å². The van der Waals surface area contributed by atoms with E-state index in [0.29, 0.717) is 25.9 Å². The van der Waals surface area contributed by atoms with Gasteiger partial charge in [-0.2, -0.15) is 0 Å². The van der Waals surface area contributed by atoms with E-state index >= 15 is 0 Å². The SMILES string of the molecule is Cc1ccc(CC(=O)NC[C@@]2(O)CCN(c3cnccn3)C2)s1. The van der Waals surface area contributed by atoms with E-state index in [4.69, 9.17) is 0 Å². The van der Waals surface area contributed by atoms with E-state index in [-0.39, 0.29) is 12.5 Å². The number of anilines is 1. The fourth-order valence-electron chi connectivity index (χ4n) is 2.71. The molecule has 2 aromatic heterocycles. The molecule has 2 N–H and O–H groups in total. The molecule has 3 rings (SSSR count). The summed E-state index contributed by atoms with van der Waals surface area (Å²) in [6, 6.07) is 3.98. The number of carbonyl (C=O) groups excluding carboxylic acids is 1. The maximum Gasteiger partial charge on any atom is 0.225 e. The molecule has 6 nitrogen and oxygen atoms in total. The van der Waals surface area contributed by atoms with Gasteiger partial charge in [-0.3, -0.25) is 9.78 Å². The van der Waals surface area contributed by atoms with Gasteiger partial charge in [-0.05, 0) is 25.5 Å². The minimum atomic E-state index is -0.918. The van der Waals surface area contributed by atoms with Crippen LogP contribution in [0.5, 0.6) is 0 Å². The van der Waals surface area contributed by atoms with Crippen molar-refractivity contribution in [2.45, 2.75) is 25.4 Å². The summed E-state index contributed by atoms with van der Waals surface area (Å²) in [5.74, 6) is 0.696. The van der Waals surface area contributed by atoms with Crippen molar-refractivity contribution in [3.63, 3.8) is 0 Å². The van der Waals surface area contributed by atoms with Gasteiger partial charge in [-0.1, -0.05) is 0 Å². The molecule has 1 atom stereocenters. The van der Waals surface area contributed by atoms with Crippen molar-refractivity contribution in [1.82, 2.24) is 15.3 Å². The van der Waals surface area contributed by atoms with Crippen molar-refractivity contribution in [1.29, 1.82) is 0 Å². The number of rotatable bonds is 5. The summed E-state index contributed by atoms with van der Waals surface area (Å²) in [4.78, 5) is 24.5. The molecule has 0 spiro atoms. The van der Waals surface area contributed by atoms with Crippen LogP contribution in [-0.2, 0) is 11.2 Å². The Kier molecular flexibility index (Phi) is 4.58. The molecule has 3 heterocycles. The Hall–Kier alpha value is -1.99. The van der Waals surface area contributed by atoms with Crippen LogP contribution >= 0.6 is 11.3 Å². The number of hydrogen-bond acceptors (Lipinski definition) is 6. The lowest BCUT2D eigenvalue weighted by atomic mass is 10.0. The summed E-state index contributed by atoms with van der Waals surface area (Å²) in [6.45, 7) is 3.43. The Labute approximate surface area is 139 Å². The quantitative estimate of drug-likeness (QED) is 0.859. The zero-order chi connectivity index (χ0) is 16.3. The van der Waals surface area contributed by atoms with Crippen LogP contribution in [0.1, 0.15) is 16.2 Å². The van der Waals surface area contributed by atoms with E-state index in [1.54, 1.807) is 29.9 Å². The Morgan fingerprint density at radius 2 is 2.35 bits per heavy atom. The number of nitrogens with one attached hydrogen (secondary N) is 1. The van der Waals surface area contributed by atoms with E-state index < -0.39 is 5.60 Å². The summed E-state index contributed by atoms with van der Waals surface area (Å²) < 4.78 is 0. The lowest BCUT2D eigenvalue weighted by molar-refractivity contribution is -0.121. The lowest BCUT2D eigenvalue weighted by Gasteiger charge is -2.24. The van der Waals surface area contributed by atoms with Crippen molar-refractivity contribution < 1.29 is 9.90 Å². The average Bonchev–Trinajstić information content (AvgIpc) is 3.13. The first-order valence-electron chi connectivity index (χ1n) is 7.59. The third-order valence-electron chi connectivity index (χ3n) is 3.95. The number of aromatic nitrogens is 2. The van der Waals surface area contributed by atoms with Gasteiger partial charge in [0, 0.05) is 41.8 Å². The molecular weight excluding hydrogens is 312 g/mol. The second kappa shape index (κ2) is 6.64. The number of nitrogens with zero attached hydrogens (tertiary/aromatic N) is 3. The van der Waals surface area contributed by atoms with Crippen molar-refractivity contribution in [3.8, 4) is 0 Å². The highest BCUT2D eigenvalue weighted by atomic mass is 32.1. The van der Waals surface area contributed by atoms with Crippen molar-refractivity contribution in [3.05, 3.63) is 40.5 Å². The highest BCUT2D eigenvalue weighted by Crippen LogP contribution is 2.24. The normalized spacial score (nSPS) is 20.7. The van der Waals surface area contributed by atoms with Gasteiger partial charge >= 0.3 is 0 Å². The first-order chi connectivity index (χ1) is 11.0. The molecule has 23 heavy (non-hydrogen) atoms. The van der Waals surface area contributed by atoms with Gasteiger partial charge in [0.2, 0.25) is 5.91 Å². The van der Waals surface area contributed by atoms with Crippen LogP contribution < -0.4 is 10.2 Å². The molecule has 0 aromatic carbocycles. The number of β-amino-alcohol motifs (C(OH)–C–C–N with tert-alkyl or cyclic N) is 1. The van der Waals surface area contributed by atoms with E-state index in [9.17, 15) is 9.90 Å². The van der Waals surface area contributed by atoms with Gasteiger partial charge in [-0.25, -0.2) is 4.98 Å². The Morgan fingerprint density at radius 1 is 1.48 bits per heavy atom. The van der Waals surface area contributed by atoms with Crippen LogP contribution in [0.25, 0.3) is 0 Å². The summed E-state index contributed by atoms with van der Waals surface area (Å²) in [5.41, 5.74) is -0.918. The molecule has 0 aliphatic carbocycles. The van der Waals surface area contributed by atoms with E-state index in [1.807, 2.05) is 24.0 Å². The van der Waals surface area contributed by atoms with Crippen LogP contribution in [-0.4, -0.2) is 46.2 Å². The molecule has 2 aromatic rings. The minimum Gasteiger partial charge on any atom is -0.386 e. The molecule has 0 saturated carbocycles. The predicted octanol–water partition coefficient (Wildman–Crippen LogP) is 1.15. The van der Waals surface area contributed by atoms with E-state index in [2.05, 4.69) is 15.3 Å². The Bertz CT molecular complexity index is 676. The van der Waals surface area contributed by atoms with Gasteiger partial charge in [0.15, 0.2) is 0 Å². The van der Waals surface area contributed by atoms with Gasteiger partial charge in [0.25, 0.3) is 0 Å². The Morgan fingerprint density at radius 3 is 3.04 bits per heavy atom. The second-order valence-corrected chi connectivity index (χ2v) is 7.30. The first kappa shape index (κ1) is 15.9. The zero-order valence-corrected chi connectivity index (χ0v) is 13.8. The molecular formula is C16H20N4O2S. The zero-order valence-electron chi connectivity index (χ0n) is 13.0. The average molecular weight is 332 g/mol. The van der Waals surface area contributed by atoms with Crippen LogP contribution in [0.15, 0.2) is 30.7 Å². The number of thiophene rings is 1. The molecule has 122 valence electrons. The van der Waals surface area contributed by atoms with Gasteiger partial charge in [0.1, 0.15) is 11.4 Å². The highest BCUT2D eigenvalue weighted by Gasteiger charge is 2.36. The molecule has 1 amide bonds. The number of aryl methyl sites for hydroxylation is 1. The third kappa shape index (κ3) is 4.05. The molecule has 1 aliphatic rings. The summed E-state index contributed by atoms with van der Waals surface area (Å²) in [5, 5.41) is 13.5. The van der Waals surface area contributed by atoms with E-state index in [1.165, 1.54) is 4.88 Å². The fraction of sp³-hybridized carbons (Fsp3) is 0.438. The standard InChI is InChI=1S/C16H20N4O2S/c1-12-2-3-13(23-12)8-15(21)19-10-16(22)4-7-20(11-16)14-9-17-5-6-18-14/h2-3,5-6,9,22H,4,7-8,10-11H2,1H3,(H,19,21)/t16-/m0/s1. The van der Waals surface area contributed by atoms with Crippen LogP contribution in [0.2, 0.25) is 0 Å². The van der Waals surface area contributed by atoms with E-state index in [0.717, 1.165) is 10.7 Å². The summed E-state index contributed by atoms with van der Waals surface area (Å²) in [6.07, 6.45) is 5.91. The Balaban J connectivity index is 1.51. The molecule has 1 aliphatic heterocycles. The van der Waals surface area contributed by atoms with Gasteiger partial charge in [0.05, 0.1) is 12.6 Å². The molecule has 1 fully saturated rings. The highest BCUT2D eigenvalue weighted by molar-refractivity contribution is 7.12. The smallest absolute Gasteiger partial charge is 0.225 e. The fourth-order valence-corrected chi connectivity index (χ4v) is 3.60. The van der Waals surface area contributed by atoms with Crippen molar-refractivity contribution in [2.75, 3.05) is 24.5 Å². The first-order valence-corrected chi connectivity index (χ1v) is 8.41. The predicted molar refractivity (Wildman–Crippen MR) is 89.6 cm³/mol. The van der Waals surface area contributed by atoms with Crippen LogP contribution in [0.4, 0.5) is 5.82 Å². The molecule has 7 heteroatoms. The summed E-state index contributed by atoms with van der Waals surface area (Å²) in [7, 11) is 0. The number of carbonyl (C=O) groups is 1. The van der Waals surface area contributed by atoms with Crippen LogP contribution in [0.3, 0.4) is 0 Å². The lowest BCUT2D eigenvalue weighted by Crippen LogP contribution is -2.45. The maximum absolute atomic E-state index is 12.0. The van der Waals surface area contributed by atoms with Gasteiger partial charge in [-0.15, -0.1) is 11.3 Å². The monoisotopic (exact) mass is 332 g/mol. The molecule has 0 bridgehead atoms. The van der Waals surface area contributed by atoms with Crippen LogP contribution in [0, 0.1) is 6.92 Å². The molecule has 0 radical (unpaired) electrons. The largest absolute Gasteiger partial charge is 0.386 e. The molecule has 1 saturated heterocycles.